The number of furan rings is 1. The molecule has 3 rings (SSSR count). The number of ketones is 1. The molecule has 4 nitrogen and oxygen atoms in total. The molecule has 0 fully saturated rings. The minimum atomic E-state index is -0.328. The molecule has 1 aromatic heterocycles. The van der Waals surface area contributed by atoms with E-state index in [4.69, 9.17) is 4.42 Å². The van der Waals surface area contributed by atoms with Crippen molar-refractivity contribution < 1.29 is 14.0 Å². The predicted octanol–water partition coefficient (Wildman–Crippen LogP) is 5.01. The summed E-state index contributed by atoms with van der Waals surface area (Å²) in [5.74, 6) is -0.480. The van der Waals surface area contributed by atoms with Crippen LogP contribution < -0.4 is 5.32 Å². The predicted molar refractivity (Wildman–Crippen MR) is 98.2 cm³/mol. The summed E-state index contributed by atoms with van der Waals surface area (Å²) < 4.78 is 6.31. The van der Waals surface area contributed by atoms with Gasteiger partial charge in [-0.05, 0) is 17.7 Å². The molecule has 0 aliphatic carbocycles. The molecular formula is C19H14BrNO3. The maximum atomic E-state index is 12.6. The van der Waals surface area contributed by atoms with Crippen LogP contribution >= 0.6 is 15.9 Å². The highest BCUT2D eigenvalue weighted by Gasteiger charge is 2.20. The molecule has 1 N–H and O–H groups in total. The highest BCUT2D eigenvalue weighted by atomic mass is 79.9. The fraction of sp³-hybridized carbons (Fsp3) is 0.0526. The summed E-state index contributed by atoms with van der Waals surface area (Å²) in [7, 11) is 0. The molecular weight excluding hydrogens is 370 g/mol. The largest absolute Gasteiger partial charge is 0.450 e. The minimum absolute atomic E-state index is 0.110. The Morgan fingerprint density at radius 2 is 1.71 bits per heavy atom. The third-order valence-electron chi connectivity index (χ3n) is 3.43. The van der Waals surface area contributed by atoms with Crippen LogP contribution in [0.2, 0.25) is 0 Å². The Morgan fingerprint density at radius 1 is 1.04 bits per heavy atom. The summed E-state index contributed by atoms with van der Waals surface area (Å²) >= 11 is 3.41. The van der Waals surface area contributed by atoms with E-state index >= 15 is 0 Å². The lowest BCUT2D eigenvalue weighted by molar-refractivity contribution is -0.114. The third-order valence-corrected chi connectivity index (χ3v) is 4.11. The molecule has 0 atom stereocenters. The van der Waals surface area contributed by atoms with Crippen molar-refractivity contribution in [2.24, 2.45) is 0 Å². The highest BCUT2D eigenvalue weighted by molar-refractivity contribution is 9.15. The number of amides is 1. The fourth-order valence-corrected chi connectivity index (χ4v) is 2.85. The first-order valence-corrected chi connectivity index (χ1v) is 8.11. The number of allylic oxidation sites excluding steroid dienone is 1. The zero-order valence-corrected chi connectivity index (χ0v) is 14.5. The second-order valence-electron chi connectivity index (χ2n) is 5.21. The average Bonchev–Trinajstić information content (AvgIpc) is 2.94. The van der Waals surface area contributed by atoms with Crippen molar-refractivity contribution in [2.75, 3.05) is 5.32 Å². The molecule has 0 spiro atoms. The Kier molecular flexibility index (Phi) is 4.62. The van der Waals surface area contributed by atoms with Gasteiger partial charge in [0.05, 0.1) is 5.69 Å². The lowest BCUT2D eigenvalue weighted by atomic mass is 10.1. The molecule has 2 aromatic carbocycles. The lowest BCUT2D eigenvalue weighted by Gasteiger charge is -2.02. The number of halogens is 1. The Hall–Kier alpha value is -2.66. The number of para-hydroxylation sites is 1. The van der Waals surface area contributed by atoms with Crippen molar-refractivity contribution in [3.8, 4) is 0 Å². The Morgan fingerprint density at radius 3 is 2.42 bits per heavy atom. The summed E-state index contributed by atoms with van der Waals surface area (Å²) in [5, 5.41) is 3.39. The molecule has 0 unspecified atom stereocenters. The summed E-state index contributed by atoms with van der Waals surface area (Å²) in [6.07, 6.45) is 1.44. The second kappa shape index (κ2) is 6.84. The van der Waals surface area contributed by atoms with Crippen LogP contribution in [-0.4, -0.2) is 11.7 Å². The van der Waals surface area contributed by atoms with Gasteiger partial charge in [-0.1, -0.05) is 58.4 Å². The van der Waals surface area contributed by atoms with Crippen LogP contribution in [0.3, 0.4) is 0 Å². The van der Waals surface area contributed by atoms with E-state index in [1.807, 2.05) is 42.5 Å². The molecule has 1 heterocycles. The van der Waals surface area contributed by atoms with Crippen molar-refractivity contribution in [3.05, 3.63) is 72.0 Å². The molecule has 1 amide bonds. The normalized spacial score (nSPS) is 11.5. The van der Waals surface area contributed by atoms with Gasteiger partial charge in [-0.15, -0.1) is 0 Å². The first-order chi connectivity index (χ1) is 11.6. The van der Waals surface area contributed by atoms with Gasteiger partial charge in [-0.25, -0.2) is 0 Å². The molecule has 3 aromatic rings. The van der Waals surface area contributed by atoms with Gasteiger partial charge in [-0.2, -0.15) is 0 Å². The quantitative estimate of drug-likeness (QED) is 0.508. The molecule has 0 bridgehead atoms. The van der Waals surface area contributed by atoms with E-state index in [-0.39, 0.29) is 17.5 Å². The Balaban J connectivity index is 2.05. The summed E-state index contributed by atoms with van der Waals surface area (Å²) in [6.45, 7) is 1.39. The second-order valence-corrected chi connectivity index (χ2v) is 6.06. The molecule has 0 aliphatic heterocycles. The number of benzene rings is 2. The van der Waals surface area contributed by atoms with E-state index in [2.05, 4.69) is 21.2 Å². The van der Waals surface area contributed by atoms with Crippen LogP contribution in [0.15, 0.2) is 65.1 Å². The van der Waals surface area contributed by atoms with E-state index in [0.717, 1.165) is 5.56 Å². The number of anilines is 1. The van der Waals surface area contributed by atoms with Crippen LogP contribution in [0.25, 0.3) is 15.5 Å². The summed E-state index contributed by atoms with van der Waals surface area (Å²) in [6, 6.07) is 16.7. The average molecular weight is 384 g/mol. The van der Waals surface area contributed by atoms with Crippen molar-refractivity contribution in [3.63, 3.8) is 0 Å². The van der Waals surface area contributed by atoms with E-state index in [9.17, 15) is 9.59 Å². The van der Waals surface area contributed by atoms with Gasteiger partial charge >= 0.3 is 0 Å². The highest BCUT2D eigenvalue weighted by Crippen LogP contribution is 2.32. The Labute approximate surface area is 147 Å². The SMILES string of the molecule is CC(=O)Nc1c(C(=O)C=C(Br)c2ccccc2)oc2ccccc12. The van der Waals surface area contributed by atoms with Crippen LogP contribution in [0.4, 0.5) is 5.69 Å². The van der Waals surface area contributed by atoms with Gasteiger partial charge in [-0.3, -0.25) is 9.59 Å². The van der Waals surface area contributed by atoms with Gasteiger partial charge in [0.2, 0.25) is 11.7 Å². The number of hydrogen-bond donors (Lipinski definition) is 1. The lowest BCUT2D eigenvalue weighted by Crippen LogP contribution is -2.08. The molecule has 0 saturated carbocycles. The molecule has 0 radical (unpaired) electrons. The number of hydrogen-bond acceptors (Lipinski definition) is 3. The van der Waals surface area contributed by atoms with Crippen molar-refractivity contribution in [2.45, 2.75) is 6.92 Å². The van der Waals surface area contributed by atoms with Gasteiger partial charge in [0.15, 0.2) is 5.76 Å². The first-order valence-electron chi connectivity index (χ1n) is 7.32. The Bertz CT molecular complexity index is 942. The summed E-state index contributed by atoms with van der Waals surface area (Å²) in [4.78, 5) is 24.1. The van der Waals surface area contributed by atoms with Crippen LogP contribution in [0.5, 0.6) is 0 Å². The van der Waals surface area contributed by atoms with E-state index in [0.29, 0.717) is 21.1 Å². The smallest absolute Gasteiger partial charge is 0.224 e. The molecule has 0 aliphatic rings. The monoisotopic (exact) mass is 383 g/mol. The zero-order valence-electron chi connectivity index (χ0n) is 12.9. The molecule has 0 saturated heterocycles. The number of carbonyl (C=O) groups excluding carboxylic acids is 2. The third kappa shape index (κ3) is 3.31. The van der Waals surface area contributed by atoms with Gasteiger partial charge in [0.25, 0.3) is 0 Å². The summed E-state index contributed by atoms with van der Waals surface area (Å²) in [5.41, 5.74) is 1.82. The minimum Gasteiger partial charge on any atom is -0.450 e. The van der Waals surface area contributed by atoms with Crippen molar-refractivity contribution >= 4 is 48.8 Å². The molecule has 5 heteroatoms. The van der Waals surface area contributed by atoms with Gasteiger partial charge in [0, 0.05) is 22.9 Å². The first kappa shape index (κ1) is 16.2. The van der Waals surface area contributed by atoms with Crippen LogP contribution in [-0.2, 0) is 4.79 Å². The van der Waals surface area contributed by atoms with Crippen molar-refractivity contribution in [1.82, 2.24) is 0 Å². The van der Waals surface area contributed by atoms with Gasteiger partial charge in [0.1, 0.15) is 5.58 Å². The number of carbonyl (C=O) groups is 2. The van der Waals surface area contributed by atoms with E-state index in [1.165, 1.54) is 13.0 Å². The number of nitrogens with one attached hydrogen (secondary N) is 1. The van der Waals surface area contributed by atoms with Crippen molar-refractivity contribution in [1.29, 1.82) is 0 Å². The number of fused-ring (bicyclic) bond motifs is 1. The molecule has 24 heavy (non-hydrogen) atoms. The number of rotatable bonds is 4. The van der Waals surface area contributed by atoms with E-state index in [1.54, 1.807) is 12.1 Å². The van der Waals surface area contributed by atoms with Gasteiger partial charge < -0.3 is 9.73 Å². The zero-order chi connectivity index (χ0) is 17.1. The fourth-order valence-electron chi connectivity index (χ4n) is 2.38. The van der Waals surface area contributed by atoms with Crippen LogP contribution in [0.1, 0.15) is 23.0 Å². The topological polar surface area (TPSA) is 59.3 Å². The standard InChI is InChI=1S/C19H14BrNO3/c1-12(22)21-18-14-9-5-6-10-17(14)24-19(18)16(23)11-15(20)13-7-3-2-4-8-13/h2-11H,1H3,(H,21,22). The maximum absolute atomic E-state index is 12.6. The molecule has 120 valence electrons. The van der Waals surface area contributed by atoms with E-state index < -0.39 is 0 Å². The van der Waals surface area contributed by atoms with Crippen LogP contribution in [0, 0.1) is 0 Å². The maximum Gasteiger partial charge on any atom is 0.224 e.